The van der Waals surface area contributed by atoms with Gasteiger partial charge in [-0.1, -0.05) is 34.6 Å². The molecule has 19 heavy (non-hydrogen) atoms. The molecule has 0 aromatic heterocycles. The first kappa shape index (κ1) is 16.5. The van der Waals surface area contributed by atoms with Gasteiger partial charge in [0.05, 0.1) is 0 Å². The fourth-order valence-electron chi connectivity index (χ4n) is 2.68. The normalized spacial score (nSPS) is 22.5. The molecule has 1 saturated heterocycles. The molecule has 0 saturated carbocycles. The van der Waals surface area contributed by atoms with Crippen LogP contribution in [0.2, 0.25) is 0 Å². The van der Waals surface area contributed by atoms with Crippen molar-refractivity contribution in [1.82, 2.24) is 4.90 Å². The summed E-state index contributed by atoms with van der Waals surface area (Å²) in [7, 11) is 0. The average molecular weight is 268 g/mol. The number of carbonyl (C=O) groups excluding carboxylic acids is 1. The van der Waals surface area contributed by atoms with Crippen LogP contribution in [0.1, 0.15) is 60.3 Å². The zero-order valence-electron chi connectivity index (χ0n) is 13.5. The Balaban J connectivity index is 2.55. The predicted molar refractivity (Wildman–Crippen MR) is 80.8 cm³/mol. The van der Waals surface area contributed by atoms with Crippen molar-refractivity contribution in [2.24, 2.45) is 22.5 Å². The van der Waals surface area contributed by atoms with Gasteiger partial charge in [-0.25, -0.2) is 0 Å². The Morgan fingerprint density at radius 2 is 1.84 bits per heavy atom. The van der Waals surface area contributed by atoms with Gasteiger partial charge >= 0.3 is 0 Å². The molecule has 3 heteroatoms. The van der Waals surface area contributed by atoms with Crippen molar-refractivity contribution < 1.29 is 4.79 Å². The Hall–Kier alpha value is -0.570. The lowest BCUT2D eigenvalue weighted by Gasteiger charge is -2.30. The fraction of sp³-hybridized carbons (Fsp3) is 0.938. The number of nitrogens with two attached hydrogens (primary N) is 1. The Labute approximate surface area is 118 Å². The second kappa shape index (κ2) is 6.25. The minimum atomic E-state index is 0.135. The number of hydrogen-bond donors (Lipinski definition) is 1. The maximum Gasteiger partial charge on any atom is 0.222 e. The maximum atomic E-state index is 12.2. The van der Waals surface area contributed by atoms with Crippen LogP contribution in [0, 0.1) is 16.7 Å². The number of likely N-dealkylation sites (tertiary alicyclic amines) is 1. The summed E-state index contributed by atoms with van der Waals surface area (Å²) in [6.07, 6.45) is 3.89. The first-order chi connectivity index (χ1) is 8.65. The van der Waals surface area contributed by atoms with E-state index in [1.165, 1.54) is 0 Å². The molecule has 0 bridgehead atoms. The van der Waals surface area contributed by atoms with Crippen molar-refractivity contribution in [2.45, 2.75) is 60.3 Å². The molecule has 1 aliphatic heterocycles. The lowest BCUT2D eigenvalue weighted by atomic mass is 9.77. The fourth-order valence-corrected chi connectivity index (χ4v) is 2.68. The van der Waals surface area contributed by atoms with Gasteiger partial charge in [-0.2, -0.15) is 0 Å². The summed E-state index contributed by atoms with van der Waals surface area (Å²) in [5.41, 5.74) is 6.21. The molecule has 0 spiro atoms. The van der Waals surface area contributed by atoms with Gasteiger partial charge in [-0.05, 0) is 42.6 Å². The molecule has 0 aromatic rings. The van der Waals surface area contributed by atoms with Crippen LogP contribution in [-0.4, -0.2) is 30.4 Å². The van der Waals surface area contributed by atoms with Crippen molar-refractivity contribution in [1.29, 1.82) is 0 Å². The highest BCUT2D eigenvalue weighted by Gasteiger charge is 2.30. The predicted octanol–water partition coefficient (Wildman–Crippen LogP) is 3.04. The first-order valence-corrected chi connectivity index (χ1v) is 7.63. The van der Waals surface area contributed by atoms with E-state index in [1.807, 2.05) is 0 Å². The third-order valence-corrected chi connectivity index (χ3v) is 4.64. The summed E-state index contributed by atoms with van der Waals surface area (Å²) in [6, 6.07) is 0. The summed E-state index contributed by atoms with van der Waals surface area (Å²) < 4.78 is 0. The van der Waals surface area contributed by atoms with Crippen LogP contribution in [0.3, 0.4) is 0 Å². The average Bonchev–Trinajstić information content (AvgIpc) is 2.48. The van der Waals surface area contributed by atoms with Crippen LogP contribution in [0.4, 0.5) is 0 Å². The molecule has 0 aromatic carbocycles. The Kier molecular flexibility index (Phi) is 5.43. The summed E-state index contributed by atoms with van der Waals surface area (Å²) >= 11 is 0. The van der Waals surface area contributed by atoms with E-state index < -0.39 is 0 Å². The highest BCUT2D eigenvalue weighted by Crippen LogP contribution is 2.34. The standard InChI is InChI=1S/C16H32N2O/c1-15(2,3)13-6-7-14(19)18(10-8-13)11-9-16(4,5)12-17/h13H,6-12,17H2,1-5H3. The van der Waals surface area contributed by atoms with Gasteiger partial charge in [-0.3, -0.25) is 4.79 Å². The largest absolute Gasteiger partial charge is 0.343 e. The van der Waals surface area contributed by atoms with Crippen molar-refractivity contribution in [2.75, 3.05) is 19.6 Å². The Morgan fingerprint density at radius 1 is 1.21 bits per heavy atom. The summed E-state index contributed by atoms with van der Waals surface area (Å²) in [5.74, 6) is 0.989. The smallest absolute Gasteiger partial charge is 0.222 e. The van der Waals surface area contributed by atoms with Crippen LogP contribution in [-0.2, 0) is 4.79 Å². The minimum Gasteiger partial charge on any atom is -0.343 e. The zero-order chi connectivity index (χ0) is 14.7. The van der Waals surface area contributed by atoms with Gasteiger partial charge in [0, 0.05) is 19.5 Å². The van der Waals surface area contributed by atoms with Crippen LogP contribution < -0.4 is 5.73 Å². The monoisotopic (exact) mass is 268 g/mol. The van der Waals surface area contributed by atoms with Gasteiger partial charge in [0.2, 0.25) is 5.91 Å². The van der Waals surface area contributed by atoms with Crippen molar-refractivity contribution in [3.63, 3.8) is 0 Å². The van der Waals surface area contributed by atoms with Crippen molar-refractivity contribution in [3.8, 4) is 0 Å². The molecular formula is C16H32N2O. The molecular weight excluding hydrogens is 236 g/mol. The molecule has 1 amide bonds. The van der Waals surface area contributed by atoms with Crippen molar-refractivity contribution >= 4 is 5.91 Å². The Bertz CT molecular complexity index is 304. The number of rotatable bonds is 4. The number of hydrogen-bond acceptors (Lipinski definition) is 2. The van der Waals surface area contributed by atoms with Gasteiger partial charge < -0.3 is 10.6 Å². The molecule has 2 N–H and O–H groups in total. The molecule has 112 valence electrons. The van der Waals surface area contributed by atoms with E-state index in [1.54, 1.807) is 0 Å². The molecule has 0 radical (unpaired) electrons. The van der Waals surface area contributed by atoms with Gasteiger partial charge in [0.25, 0.3) is 0 Å². The first-order valence-electron chi connectivity index (χ1n) is 7.63. The van der Waals surface area contributed by atoms with Crippen LogP contribution in [0.25, 0.3) is 0 Å². The van der Waals surface area contributed by atoms with Gasteiger partial charge in [0.1, 0.15) is 0 Å². The highest BCUT2D eigenvalue weighted by molar-refractivity contribution is 5.76. The lowest BCUT2D eigenvalue weighted by Crippen LogP contribution is -2.35. The van der Waals surface area contributed by atoms with Crippen LogP contribution in [0.15, 0.2) is 0 Å². The molecule has 1 atom stereocenters. The van der Waals surface area contributed by atoms with Crippen LogP contribution >= 0.6 is 0 Å². The van der Waals surface area contributed by atoms with Gasteiger partial charge in [-0.15, -0.1) is 0 Å². The van der Waals surface area contributed by atoms with Gasteiger partial charge in [0.15, 0.2) is 0 Å². The SMILES string of the molecule is CC(C)(CN)CCN1CCC(C(C)(C)C)CCC1=O. The van der Waals surface area contributed by atoms with E-state index >= 15 is 0 Å². The molecule has 1 aliphatic rings. The summed E-state index contributed by atoms with van der Waals surface area (Å²) in [6.45, 7) is 13.7. The molecule has 1 rings (SSSR count). The highest BCUT2D eigenvalue weighted by atomic mass is 16.2. The lowest BCUT2D eigenvalue weighted by molar-refractivity contribution is -0.131. The molecule has 3 nitrogen and oxygen atoms in total. The second-order valence-electron chi connectivity index (χ2n) is 7.89. The van der Waals surface area contributed by atoms with E-state index in [0.717, 1.165) is 32.4 Å². The number of amides is 1. The van der Waals surface area contributed by atoms with E-state index in [2.05, 4.69) is 39.5 Å². The molecule has 0 aliphatic carbocycles. The third-order valence-electron chi connectivity index (χ3n) is 4.64. The molecule has 1 heterocycles. The Morgan fingerprint density at radius 3 is 2.37 bits per heavy atom. The van der Waals surface area contributed by atoms with Crippen molar-refractivity contribution in [3.05, 3.63) is 0 Å². The van der Waals surface area contributed by atoms with E-state index in [-0.39, 0.29) is 5.41 Å². The molecule has 1 fully saturated rings. The maximum absolute atomic E-state index is 12.2. The topological polar surface area (TPSA) is 46.3 Å². The van der Waals surface area contributed by atoms with E-state index in [4.69, 9.17) is 5.73 Å². The van der Waals surface area contributed by atoms with E-state index in [9.17, 15) is 4.79 Å². The number of nitrogens with zero attached hydrogens (tertiary/aromatic N) is 1. The van der Waals surface area contributed by atoms with E-state index in [0.29, 0.717) is 30.2 Å². The number of carbonyl (C=O) groups is 1. The quantitative estimate of drug-likeness (QED) is 0.852. The second-order valence-corrected chi connectivity index (χ2v) is 7.89. The summed E-state index contributed by atoms with van der Waals surface area (Å²) in [5, 5.41) is 0. The van der Waals surface area contributed by atoms with Crippen LogP contribution in [0.5, 0.6) is 0 Å². The molecule has 1 unspecified atom stereocenters. The summed E-state index contributed by atoms with van der Waals surface area (Å²) in [4.78, 5) is 14.2. The zero-order valence-corrected chi connectivity index (χ0v) is 13.5. The third kappa shape index (κ3) is 5.13. The minimum absolute atomic E-state index is 0.135.